The minimum atomic E-state index is -0.325. The van der Waals surface area contributed by atoms with Gasteiger partial charge in [-0.1, -0.05) is 38.3 Å². The predicted octanol–water partition coefficient (Wildman–Crippen LogP) is 2.83. The minimum absolute atomic E-state index is 0.0494. The van der Waals surface area contributed by atoms with Gasteiger partial charge in [-0.2, -0.15) is 0 Å². The highest BCUT2D eigenvalue weighted by Gasteiger charge is 2.43. The summed E-state index contributed by atoms with van der Waals surface area (Å²) in [6.07, 6.45) is 10.8. The average Bonchev–Trinajstić information content (AvgIpc) is 2.86. The number of ether oxygens (including phenoxy) is 1. The Kier molecular flexibility index (Phi) is 4.81. The van der Waals surface area contributed by atoms with Gasteiger partial charge in [-0.15, -0.1) is 0 Å². The van der Waals surface area contributed by atoms with E-state index in [1.807, 2.05) is 6.08 Å². The molecular formula is C15H24O3. The fourth-order valence-corrected chi connectivity index (χ4v) is 3.11. The maximum Gasteiger partial charge on any atom is 0.306 e. The number of fused-ring (bicyclic) bond motifs is 1. The highest BCUT2D eigenvalue weighted by atomic mass is 16.5. The molecule has 4 atom stereocenters. The third-order valence-electron chi connectivity index (χ3n) is 4.18. The van der Waals surface area contributed by atoms with Crippen LogP contribution in [0.5, 0.6) is 0 Å². The molecule has 2 aliphatic rings. The minimum Gasteiger partial charge on any atom is -0.462 e. The van der Waals surface area contributed by atoms with Gasteiger partial charge in [0.25, 0.3) is 0 Å². The summed E-state index contributed by atoms with van der Waals surface area (Å²) < 4.78 is 5.27. The summed E-state index contributed by atoms with van der Waals surface area (Å²) in [5, 5.41) is 9.84. The normalized spacial score (nSPS) is 32.8. The van der Waals surface area contributed by atoms with Crippen LogP contribution < -0.4 is 0 Å². The van der Waals surface area contributed by atoms with Crippen molar-refractivity contribution in [2.45, 2.75) is 64.1 Å². The summed E-state index contributed by atoms with van der Waals surface area (Å²) in [4.78, 5) is 11.2. The topological polar surface area (TPSA) is 46.5 Å². The van der Waals surface area contributed by atoms with Gasteiger partial charge in [0.1, 0.15) is 6.10 Å². The van der Waals surface area contributed by atoms with E-state index >= 15 is 0 Å². The lowest BCUT2D eigenvalue weighted by atomic mass is 9.92. The molecule has 1 aliphatic heterocycles. The maximum atomic E-state index is 11.2. The molecule has 18 heavy (non-hydrogen) atoms. The number of carbonyl (C=O) groups is 1. The number of hydrogen-bond donors (Lipinski definition) is 1. The van der Waals surface area contributed by atoms with Crippen LogP contribution in [0.1, 0.15) is 51.9 Å². The molecule has 0 aromatic heterocycles. The summed E-state index contributed by atoms with van der Waals surface area (Å²) in [5.74, 6) is 0.727. The van der Waals surface area contributed by atoms with Gasteiger partial charge < -0.3 is 9.84 Å². The first kappa shape index (κ1) is 13.6. The summed E-state index contributed by atoms with van der Waals surface area (Å²) in [5.41, 5.74) is 0. The Morgan fingerprint density at radius 3 is 3.06 bits per heavy atom. The number of aliphatic hydroxyl groups is 1. The summed E-state index contributed by atoms with van der Waals surface area (Å²) in [6.45, 7) is 2.16. The lowest BCUT2D eigenvalue weighted by Gasteiger charge is -2.12. The molecule has 2 rings (SSSR count). The Morgan fingerprint density at radius 1 is 1.44 bits per heavy atom. The highest BCUT2D eigenvalue weighted by Crippen LogP contribution is 2.41. The van der Waals surface area contributed by atoms with Crippen LogP contribution >= 0.6 is 0 Å². The van der Waals surface area contributed by atoms with E-state index in [1.165, 1.54) is 12.8 Å². The molecule has 2 unspecified atom stereocenters. The van der Waals surface area contributed by atoms with Crippen LogP contribution in [0.2, 0.25) is 0 Å². The fourth-order valence-electron chi connectivity index (χ4n) is 3.11. The largest absolute Gasteiger partial charge is 0.462 e. The standard InChI is InChI=1S/C15H24O3/c1-2-3-4-5-12(16)8-6-11-7-9-14-13(11)10-15(17)18-14/h6,8,11-14,16H,2-5,7,9-10H2,1H3/b8-6+/t11?,12?,13-,14+/m1/s1. The van der Waals surface area contributed by atoms with Crippen molar-refractivity contribution >= 4 is 5.97 Å². The molecule has 1 saturated carbocycles. The number of aliphatic hydroxyl groups excluding tert-OH is 1. The molecule has 0 aromatic carbocycles. The van der Waals surface area contributed by atoms with Gasteiger partial charge in [0, 0.05) is 5.92 Å². The molecule has 2 fully saturated rings. The lowest BCUT2D eigenvalue weighted by molar-refractivity contribution is -0.141. The number of unbranched alkanes of at least 4 members (excludes halogenated alkanes) is 2. The molecular weight excluding hydrogens is 228 g/mol. The van der Waals surface area contributed by atoms with Gasteiger partial charge in [0.15, 0.2) is 0 Å². The quantitative estimate of drug-likeness (QED) is 0.449. The summed E-state index contributed by atoms with van der Waals surface area (Å²) >= 11 is 0. The van der Waals surface area contributed by atoms with Crippen molar-refractivity contribution in [3.05, 3.63) is 12.2 Å². The molecule has 3 nitrogen and oxygen atoms in total. The Balaban J connectivity index is 1.77. The van der Waals surface area contributed by atoms with Crippen molar-refractivity contribution in [3.8, 4) is 0 Å². The Bertz CT molecular complexity index is 311. The number of allylic oxidation sites excluding steroid dienone is 1. The van der Waals surface area contributed by atoms with E-state index in [1.54, 1.807) is 0 Å². The third-order valence-corrected chi connectivity index (χ3v) is 4.18. The first-order valence-corrected chi connectivity index (χ1v) is 7.26. The lowest BCUT2D eigenvalue weighted by Crippen LogP contribution is -2.12. The molecule has 1 saturated heterocycles. The Labute approximate surface area is 109 Å². The number of carbonyl (C=O) groups excluding carboxylic acids is 1. The van der Waals surface area contributed by atoms with Crippen molar-refractivity contribution in [1.82, 2.24) is 0 Å². The highest BCUT2D eigenvalue weighted by molar-refractivity contribution is 5.72. The van der Waals surface area contributed by atoms with Gasteiger partial charge in [-0.3, -0.25) is 4.79 Å². The molecule has 0 aromatic rings. The first-order chi connectivity index (χ1) is 8.70. The first-order valence-electron chi connectivity index (χ1n) is 7.26. The molecule has 3 heteroatoms. The van der Waals surface area contributed by atoms with E-state index in [9.17, 15) is 9.90 Å². The zero-order valence-corrected chi connectivity index (χ0v) is 11.2. The zero-order valence-electron chi connectivity index (χ0n) is 11.2. The molecule has 0 spiro atoms. The van der Waals surface area contributed by atoms with Crippen LogP contribution in [-0.4, -0.2) is 23.3 Å². The molecule has 102 valence electrons. The molecule has 0 radical (unpaired) electrons. The van der Waals surface area contributed by atoms with Gasteiger partial charge in [0.2, 0.25) is 0 Å². The van der Waals surface area contributed by atoms with E-state index in [0.717, 1.165) is 25.7 Å². The SMILES string of the molecule is CCCCCC(O)/C=C/C1CC[C@@H]2OC(=O)C[C@H]12. The van der Waals surface area contributed by atoms with Crippen LogP contribution in [0, 0.1) is 11.8 Å². The van der Waals surface area contributed by atoms with Gasteiger partial charge in [-0.25, -0.2) is 0 Å². The van der Waals surface area contributed by atoms with Crippen LogP contribution in [0.15, 0.2) is 12.2 Å². The van der Waals surface area contributed by atoms with Gasteiger partial charge >= 0.3 is 5.97 Å². The fraction of sp³-hybridized carbons (Fsp3) is 0.800. The second-order valence-corrected chi connectivity index (χ2v) is 5.59. The zero-order chi connectivity index (χ0) is 13.0. The molecule has 0 bridgehead atoms. The van der Waals surface area contributed by atoms with Crippen LogP contribution in [-0.2, 0) is 9.53 Å². The van der Waals surface area contributed by atoms with E-state index in [4.69, 9.17) is 4.74 Å². The van der Waals surface area contributed by atoms with Crippen LogP contribution in [0.25, 0.3) is 0 Å². The molecule has 1 N–H and O–H groups in total. The maximum absolute atomic E-state index is 11.2. The van der Waals surface area contributed by atoms with E-state index in [2.05, 4.69) is 13.0 Å². The Morgan fingerprint density at radius 2 is 2.28 bits per heavy atom. The second-order valence-electron chi connectivity index (χ2n) is 5.59. The number of esters is 1. The third kappa shape index (κ3) is 3.35. The van der Waals surface area contributed by atoms with Crippen LogP contribution in [0.3, 0.4) is 0 Å². The molecule has 0 amide bonds. The van der Waals surface area contributed by atoms with E-state index in [0.29, 0.717) is 18.3 Å². The van der Waals surface area contributed by atoms with E-state index < -0.39 is 0 Å². The smallest absolute Gasteiger partial charge is 0.306 e. The summed E-state index contributed by atoms with van der Waals surface area (Å²) in [7, 11) is 0. The Hall–Kier alpha value is -0.830. The van der Waals surface area contributed by atoms with Crippen LogP contribution in [0.4, 0.5) is 0 Å². The van der Waals surface area contributed by atoms with Crippen molar-refractivity contribution in [3.63, 3.8) is 0 Å². The van der Waals surface area contributed by atoms with Crippen molar-refractivity contribution < 1.29 is 14.6 Å². The average molecular weight is 252 g/mol. The van der Waals surface area contributed by atoms with Crippen molar-refractivity contribution in [1.29, 1.82) is 0 Å². The predicted molar refractivity (Wildman–Crippen MR) is 70.0 cm³/mol. The van der Waals surface area contributed by atoms with Gasteiger partial charge in [-0.05, 0) is 25.2 Å². The second kappa shape index (κ2) is 6.37. The summed E-state index contributed by atoms with van der Waals surface area (Å²) in [6, 6.07) is 0. The number of hydrogen-bond acceptors (Lipinski definition) is 3. The molecule has 1 aliphatic carbocycles. The van der Waals surface area contributed by atoms with Gasteiger partial charge in [0.05, 0.1) is 12.5 Å². The monoisotopic (exact) mass is 252 g/mol. The van der Waals surface area contributed by atoms with Crippen molar-refractivity contribution in [2.75, 3.05) is 0 Å². The molecule has 1 heterocycles. The van der Waals surface area contributed by atoms with E-state index in [-0.39, 0.29) is 18.2 Å². The van der Waals surface area contributed by atoms with Crippen molar-refractivity contribution in [2.24, 2.45) is 11.8 Å². The number of rotatable bonds is 6.